The number of nitrogens with two attached hydrogens (primary N) is 1. The SMILES string of the molecule is Nc1c[se]c2c3ccccc3cc[n+]12. The van der Waals surface area contributed by atoms with Crippen LogP contribution in [-0.4, -0.2) is 14.5 Å². The summed E-state index contributed by atoms with van der Waals surface area (Å²) in [5, 5.41) is 2.62. The van der Waals surface area contributed by atoms with Gasteiger partial charge in [-0.1, -0.05) is 0 Å². The fourth-order valence-corrected chi connectivity index (χ4v) is 3.66. The molecule has 3 heteroatoms. The van der Waals surface area contributed by atoms with Crippen molar-refractivity contribution >= 4 is 35.5 Å². The molecule has 0 aliphatic heterocycles. The van der Waals surface area contributed by atoms with Gasteiger partial charge in [-0.2, -0.15) is 0 Å². The molecular formula is C11H9N2Se+. The van der Waals surface area contributed by atoms with Gasteiger partial charge < -0.3 is 0 Å². The molecule has 0 spiro atoms. The molecule has 0 fully saturated rings. The van der Waals surface area contributed by atoms with Gasteiger partial charge in [0.25, 0.3) is 0 Å². The second-order valence-electron chi connectivity index (χ2n) is 3.24. The van der Waals surface area contributed by atoms with Crippen molar-refractivity contribution in [1.82, 2.24) is 0 Å². The summed E-state index contributed by atoms with van der Waals surface area (Å²) in [5.41, 5.74) is 5.88. The molecule has 2 N–H and O–H groups in total. The number of benzene rings is 1. The summed E-state index contributed by atoms with van der Waals surface area (Å²) < 4.78 is 3.44. The average molecular weight is 248 g/mol. The third-order valence-electron chi connectivity index (χ3n) is 2.38. The molecule has 0 aliphatic carbocycles. The third kappa shape index (κ3) is 0.999. The Morgan fingerprint density at radius 3 is 2.93 bits per heavy atom. The summed E-state index contributed by atoms with van der Waals surface area (Å²) in [4.78, 5) is 2.12. The summed E-state index contributed by atoms with van der Waals surface area (Å²) in [6.07, 6.45) is 2.05. The van der Waals surface area contributed by atoms with E-state index in [9.17, 15) is 0 Å². The van der Waals surface area contributed by atoms with Gasteiger partial charge in [-0.15, -0.1) is 0 Å². The van der Waals surface area contributed by atoms with E-state index in [0.717, 1.165) is 5.82 Å². The third-order valence-corrected chi connectivity index (χ3v) is 4.48. The Morgan fingerprint density at radius 1 is 1.14 bits per heavy atom. The first kappa shape index (κ1) is 8.04. The molecule has 0 atom stereocenters. The normalized spacial score (nSPS) is 11.1. The van der Waals surface area contributed by atoms with Crippen molar-refractivity contribution in [2.45, 2.75) is 0 Å². The van der Waals surface area contributed by atoms with Gasteiger partial charge in [-0.3, -0.25) is 0 Å². The van der Waals surface area contributed by atoms with E-state index in [-0.39, 0.29) is 0 Å². The first-order chi connectivity index (χ1) is 6.86. The van der Waals surface area contributed by atoms with Crippen LogP contribution in [0, 0.1) is 0 Å². The van der Waals surface area contributed by atoms with E-state index in [2.05, 4.69) is 45.9 Å². The van der Waals surface area contributed by atoms with Crippen LogP contribution in [0.4, 0.5) is 5.82 Å². The molecule has 3 aromatic rings. The molecule has 3 rings (SSSR count). The monoisotopic (exact) mass is 249 g/mol. The van der Waals surface area contributed by atoms with Crippen LogP contribution >= 0.6 is 0 Å². The molecule has 1 aromatic carbocycles. The number of fused-ring (bicyclic) bond motifs is 3. The number of nitrogen functional groups attached to an aromatic ring is 1. The van der Waals surface area contributed by atoms with Crippen molar-refractivity contribution in [3.63, 3.8) is 0 Å². The zero-order valence-electron chi connectivity index (χ0n) is 7.47. The summed E-state index contributed by atoms with van der Waals surface area (Å²) >= 11 is 0.380. The molecule has 0 bridgehead atoms. The molecule has 2 aromatic heterocycles. The molecule has 0 aliphatic rings. The maximum atomic E-state index is 5.88. The van der Waals surface area contributed by atoms with Crippen LogP contribution in [-0.2, 0) is 0 Å². The number of rotatable bonds is 0. The Bertz CT molecular complexity index is 613. The summed E-state index contributed by atoms with van der Waals surface area (Å²) in [6.45, 7) is 0. The summed E-state index contributed by atoms with van der Waals surface area (Å²) in [5.74, 6) is 0.866. The number of anilines is 1. The summed E-state index contributed by atoms with van der Waals surface area (Å²) in [6, 6.07) is 10.6. The van der Waals surface area contributed by atoms with Crippen LogP contribution in [0.2, 0.25) is 0 Å². The van der Waals surface area contributed by atoms with Gasteiger partial charge in [-0.05, 0) is 0 Å². The van der Waals surface area contributed by atoms with Crippen molar-refractivity contribution in [2.75, 3.05) is 5.73 Å². The second-order valence-corrected chi connectivity index (χ2v) is 5.04. The Kier molecular flexibility index (Phi) is 1.63. The fraction of sp³-hybridized carbons (Fsp3) is 0. The van der Waals surface area contributed by atoms with E-state index in [1.54, 1.807) is 0 Å². The Morgan fingerprint density at radius 2 is 2.00 bits per heavy atom. The number of pyridine rings is 1. The van der Waals surface area contributed by atoms with Crippen molar-refractivity contribution in [3.8, 4) is 0 Å². The van der Waals surface area contributed by atoms with E-state index < -0.39 is 0 Å². The number of nitrogens with zero attached hydrogens (tertiary/aromatic N) is 1. The van der Waals surface area contributed by atoms with Gasteiger partial charge in [-0.25, -0.2) is 0 Å². The van der Waals surface area contributed by atoms with Gasteiger partial charge in [0.05, 0.1) is 0 Å². The quantitative estimate of drug-likeness (QED) is 0.470. The Labute approximate surface area is 87.3 Å². The fourth-order valence-electron chi connectivity index (χ4n) is 1.69. The number of hydrogen-bond donors (Lipinski definition) is 1. The molecule has 0 saturated carbocycles. The van der Waals surface area contributed by atoms with Crippen molar-refractivity contribution < 1.29 is 4.40 Å². The molecule has 68 valence electrons. The van der Waals surface area contributed by atoms with Crippen LogP contribution < -0.4 is 10.1 Å². The van der Waals surface area contributed by atoms with Gasteiger partial charge in [0.1, 0.15) is 0 Å². The average Bonchev–Trinajstić information content (AvgIpc) is 2.61. The first-order valence-corrected chi connectivity index (χ1v) is 6.27. The molecule has 0 saturated heterocycles. The van der Waals surface area contributed by atoms with Gasteiger partial charge in [0.15, 0.2) is 0 Å². The van der Waals surface area contributed by atoms with E-state index in [0.29, 0.717) is 14.5 Å². The van der Waals surface area contributed by atoms with E-state index in [1.165, 1.54) is 15.2 Å². The molecule has 14 heavy (non-hydrogen) atoms. The van der Waals surface area contributed by atoms with Crippen LogP contribution in [0.15, 0.2) is 41.5 Å². The van der Waals surface area contributed by atoms with Crippen LogP contribution in [0.3, 0.4) is 0 Å². The van der Waals surface area contributed by atoms with Crippen LogP contribution in [0.5, 0.6) is 0 Å². The van der Waals surface area contributed by atoms with E-state index >= 15 is 0 Å². The predicted octanol–water partition coefficient (Wildman–Crippen LogP) is 1.22. The van der Waals surface area contributed by atoms with Gasteiger partial charge in [0, 0.05) is 0 Å². The number of hydrogen-bond acceptors (Lipinski definition) is 1. The summed E-state index contributed by atoms with van der Waals surface area (Å²) in [7, 11) is 0. The van der Waals surface area contributed by atoms with E-state index in [4.69, 9.17) is 5.73 Å². The second kappa shape index (κ2) is 2.84. The van der Waals surface area contributed by atoms with Crippen molar-refractivity contribution in [2.24, 2.45) is 0 Å². The molecule has 2 nitrogen and oxygen atoms in total. The minimum absolute atomic E-state index is 0.380. The molecule has 0 amide bonds. The van der Waals surface area contributed by atoms with E-state index in [1.807, 2.05) is 0 Å². The molecule has 0 radical (unpaired) electrons. The molecule has 2 heterocycles. The Balaban J connectivity index is 2.61. The number of aromatic nitrogens is 1. The zero-order chi connectivity index (χ0) is 9.54. The van der Waals surface area contributed by atoms with Crippen LogP contribution in [0.25, 0.3) is 15.2 Å². The van der Waals surface area contributed by atoms with Gasteiger partial charge >= 0.3 is 87.1 Å². The van der Waals surface area contributed by atoms with Crippen LogP contribution in [0.1, 0.15) is 0 Å². The topological polar surface area (TPSA) is 30.1 Å². The molecule has 0 unspecified atom stereocenters. The van der Waals surface area contributed by atoms with Gasteiger partial charge in [0.2, 0.25) is 0 Å². The predicted molar refractivity (Wildman–Crippen MR) is 58.5 cm³/mol. The van der Waals surface area contributed by atoms with Crippen molar-refractivity contribution in [3.05, 3.63) is 41.5 Å². The Hall–Kier alpha value is -1.31. The van der Waals surface area contributed by atoms with Crippen molar-refractivity contribution in [1.29, 1.82) is 0 Å². The first-order valence-electron chi connectivity index (χ1n) is 4.42. The zero-order valence-corrected chi connectivity index (χ0v) is 9.19. The standard InChI is InChI=1S/C11H9N2Se/c12-10-7-14-11-9-4-2-1-3-8(9)5-6-13(10)11/h1-7H,12H2/q+1. The minimum atomic E-state index is 0.380. The maximum absolute atomic E-state index is 5.88. The molecular weight excluding hydrogens is 239 g/mol.